The summed E-state index contributed by atoms with van der Waals surface area (Å²) in [5.74, 6) is 1.05. The van der Waals surface area contributed by atoms with Crippen molar-refractivity contribution in [3.8, 4) is 11.5 Å². The van der Waals surface area contributed by atoms with Crippen LogP contribution >= 0.6 is 23.8 Å². The maximum atomic E-state index is 13.9. The Kier molecular flexibility index (Phi) is 5.56. The number of fused-ring (bicyclic) bond motifs is 1. The van der Waals surface area contributed by atoms with Crippen molar-refractivity contribution in [3.05, 3.63) is 82.6 Å². The van der Waals surface area contributed by atoms with Crippen molar-refractivity contribution >= 4 is 40.3 Å². The van der Waals surface area contributed by atoms with Crippen molar-refractivity contribution < 1.29 is 13.9 Å². The molecular formula is C22H18ClFN2O2S. The molecule has 1 N–H and O–H groups in total. The van der Waals surface area contributed by atoms with Crippen LogP contribution in [0.4, 0.5) is 15.8 Å². The van der Waals surface area contributed by atoms with Crippen LogP contribution in [0.5, 0.6) is 11.5 Å². The van der Waals surface area contributed by atoms with Gasteiger partial charge < -0.3 is 19.7 Å². The third-order valence-electron chi connectivity index (χ3n) is 4.51. The molecule has 0 spiro atoms. The first-order chi connectivity index (χ1) is 14.0. The van der Waals surface area contributed by atoms with Crippen LogP contribution in [0, 0.1) is 12.7 Å². The largest absolute Gasteiger partial charge is 0.454 e. The Morgan fingerprint density at radius 3 is 2.72 bits per heavy atom. The number of nitrogens with zero attached hydrogens (tertiary/aromatic N) is 1. The van der Waals surface area contributed by atoms with Gasteiger partial charge in [-0.15, -0.1) is 0 Å². The number of anilines is 2. The standard InChI is InChI=1S/C22H18ClFN2O2S/c1-14-5-7-19(18(23)9-14)25-22(29)26(17-4-2-3-16(24)11-17)12-15-6-8-20-21(10-15)28-13-27-20/h2-11H,12-13H2,1H3,(H,25,29). The summed E-state index contributed by atoms with van der Waals surface area (Å²) in [7, 11) is 0. The highest BCUT2D eigenvalue weighted by Crippen LogP contribution is 2.33. The number of halogens is 2. The van der Waals surface area contributed by atoms with Gasteiger partial charge in [-0.2, -0.15) is 0 Å². The molecule has 148 valence electrons. The van der Waals surface area contributed by atoms with Crippen molar-refractivity contribution in [1.29, 1.82) is 0 Å². The molecule has 0 radical (unpaired) electrons. The molecule has 3 aromatic carbocycles. The minimum absolute atomic E-state index is 0.207. The number of aryl methyl sites for hydroxylation is 1. The predicted octanol–water partition coefficient (Wildman–Crippen LogP) is 5.92. The van der Waals surface area contributed by atoms with E-state index >= 15 is 0 Å². The fraction of sp³-hybridized carbons (Fsp3) is 0.136. The number of hydrogen-bond acceptors (Lipinski definition) is 3. The smallest absolute Gasteiger partial charge is 0.231 e. The summed E-state index contributed by atoms with van der Waals surface area (Å²) in [4.78, 5) is 1.81. The predicted molar refractivity (Wildman–Crippen MR) is 118 cm³/mol. The van der Waals surface area contributed by atoms with Crippen molar-refractivity contribution in [2.24, 2.45) is 0 Å². The molecule has 1 aliphatic heterocycles. The first-order valence-electron chi connectivity index (χ1n) is 8.98. The van der Waals surface area contributed by atoms with Gasteiger partial charge >= 0.3 is 0 Å². The molecule has 29 heavy (non-hydrogen) atoms. The molecule has 0 saturated heterocycles. The van der Waals surface area contributed by atoms with E-state index in [0.29, 0.717) is 39.6 Å². The molecule has 0 unspecified atom stereocenters. The van der Waals surface area contributed by atoms with Gasteiger partial charge in [0.25, 0.3) is 0 Å². The van der Waals surface area contributed by atoms with E-state index in [1.54, 1.807) is 12.1 Å². The Balaban J connectivity index is 1.63. The van der Waals surface area contributed by atoms with Crippen LogP contribution in [0.3, 0.4) is 0 Å². The molecule has 4 nitrogen and oxygen atoms in total. The summed E-state index contributed by atoms with van der Waals surface area (Å²) in [5, 5.41) is 4.14. The van der Waals surface area contributed by atoms with E-state index in [1.807, 2.05) is 48.2 Å². The lowest BCUT2D eigenvalue weighted by molar-refractivity contribution is 0.174. The molecule has 7 heteroatoms. The zero-order valence-corrected chi connectivity index (χ0v) is 17.2. The molecule has 0 saturated carbocycles. The summed E-state index contributed by atoms with van der Waals surface area (Å²) >= 11 is 12.0. The molecule has 0 amide bonds. The molecule has 0 aromatic heterocycles. The van der Waals surface area contributed by atoms with Gasteiger partial charge in [0.15, 0.2) is 16.6 Å². The highest BCUT2D eigenvalue weighted by molar-refractivity contribution is 7.80. The Morgan fingerprint density at radius 1 is 1.10 bits per heavy atom. The van der Waals surface area contributed by atoms with E-state index in [9.17, 15) is 4.39 Å². The van der Waals surface area contributed by atoms with Gasteiger partial charge in [-0.05, 0) is 72.7 Å². The van der Waals surface area contributed by atoms with Gasteiger partial charge in [0.05, 0.1) is 17.3 Å². The zero-order chi connectivity index (χ0) is 20.4. The van der Waals surface area contributed by atoms with Gasteiger partial charge in [-0.3, -0.25) is 0 Å². The Morgan fingerprint density at radius 2 is 1.93 bits per heavy atom. The van der Waals surface area contributed by atoms with E-state index in [-0.39, 0.29) is 12.6 Å². The lowest BCUT2D eigenvalue weighted by Crippen LogP contribution is -2.34. The molecule has 1 aliphatic rings. The molecule has 1 heterocycles. The maximum absolute atomic E-state index is 13.9. The van der Waals surface area contributed by atoms with Gasteiger partial charge in [0.1, 0.15) is 5.82 Å². The van der Waals surface area contributed by atoms with E-state index in [1.165, 1.54) is 12.1 Å². The van der Waals surface area contributed by atoms with Crippen LogP contribution < -0.4 is 19.7 Å². The van der Waals surface area contributed by atoms with Gasteiger partial charge in [0, 0.05) is 5.69 Å². The third kappa shape index (κ3) is 4.44. The fourth-order valence-electron chi connectivity index (χ4n) is 3.05. The monoisotopic (exact) mass is 428 g/mol. The highest BCUT2D eigenvalue weighted by atomic mass is 35.5. The van der Waals surface area contributed by atoms with Crippen LogP contribution in [0.15, 0.2) is 60.7 Å². The van der Waals surface area contributed by atoms with E-state index in [0.717, 1.165) is 11.1 Å². The Labute approximate surface area is 178 Å². The molecule has 0 aliphatic carbocycles. The number of benzene rings is 3. The maximum Gasteiger partial charge on any atom is 0.231 e. The van der Waals surface area contributed by atoms with Gasteiger partial charge in [-0.25, -0.2) is 4.39 Å². The van der Waals surface area contributed by atoms with Crippen LogP contribution in [-0.2, 0) is 6.54 Å². The molecule has 0 bridgehead atoms. The fourth-order valence-corrected chi connectivity index (χ4v) is 3.61. The molecule has 0 atom stereocenters. The minimum Gasteiger partial charge on any atom is -0.454 e. The van der Waals surface area contributed by atoms with Crippen molar-refractivity contribution in [2.75, 3.05) is 17.0 Å². The second kappa shape index (κ2) is 8.27. The van der Waals surface area contributed by atoms with Crippen molar-refractivity contribution in [2.45, 2.75) is 13.5 Å². The molecular weight excluding hydrogens is 411 g/mol. The first kappa shape index (κ1) is 19.5. The van der Waals surface area contributed by atoms with Gasteiger partial charge in [-0.1, -0.05) is 29.8 Å². The lowest BCUT2D eigenvalue weighted by atomic mass is 10.1. The third-order valence-corrected chi connectivity index (χ3v) is 5.14. The number of thiocarbonyl (C=S) groups is 1. The number of nitrogens with one attached hydrogen (secondary N) is 1. The number of rotatable bonds is 4. The van der Waals surface area contributed by atoms with Crippen LogP contribution in [0.1, 0.15) is 11.1 Å². The molecule has 3 aromatic rings. The average molecular weight is 429 g/mol. The van der Waals surface area contributed by atoms with E-state index in [2.05, 4.69) is 5.32 Å². The minimum atomic E-state index is -0.339. The summed E-state index contributed by atoms with van der Waals surface area (Å²) in [6.45, 7) is 2.58. The van der Waals surface area contributed by atoms with Crippen molar-refractivity contribution in [3.63, 3.8) is 0 Å². The molecule has 4 rings (SSSR count). The van der Waals surface area contributed by atoms with Gasteiger partial charge in [0.2, 0.25) is 6.79 Å². The zero-order valence-electron chi connectivity index (χ0n) is 15.6. The average Bonchev–Trinajstić information content (AvgIpc) is 3.16. The highest BCUT2D eigenvalue weighted by Gasteiger charge is 2.18. The SMILES string of the molecule is Cc1ccc(NC(=S)N(Cc2ccc3c(c2)OCO3)c2cccc(F)c2)c(Cl)c1. The second-order valence-electron chi connectivity index (χ2n) is 6.67. The van der Waals surface area contributed by atoms with E-state index < -0.39 is 0 Å². The van der Waals surface area contributed by atoms with Crippen LogP contribution in [0.2, 0.25) is 5.02 Å². The summed E-state index contributed by atoms with van der Waals surface area (Å²) < 4.78 is 24.7. The Bertz CT molecular complexity index is 1080. The number of ether oxygens (including phenoxy) is 2. The van der Waals surface area contributed by atoms with Crippen LogP contribution in [-0.4, -0.2) is 11.9 Å². The lowest BCUT2D eigenvalue weighted by Gasteiger charge is -2.26. The first-order valence-corrected chi connectivity index (χ1v) is 9.77. The topological polar surface area (TPSA) is 33.7 Å². The quantitative estimate of drug-likeness (QED) is 0.521. The Hall–Kier alpha value is -2.83. The van der Waals surface area contributed by atoms with E-state index in [4.69, 9.17) is 33.3 Å². The van der Waals surface area contributed by atoms with Crippen molar-refractivity contribution in [1.82, 2.24) is 0 Å². The number of hydrogen-bond donors (Lipinski definition) is 1. The van der Waals surface area contributed by atoms with Crippen LogP contribution in [0.25, 0.3) is 0 Å². The summed E-state index contributed by atoms with van der Waals surface area (Å²) in [6, 6.07) is 17.7. The second-order valence-corrected chi connectivity index (χ2v) is 7.46. The molecule has 0 fully saturated rings. The summed E-state index contributed by atoms with van der Waals surface area (Å²) in [5.41, 5.74) is 3.31. The summed E-state index contributed by atoms with van der Waals surface area (Å²) in [6.07, 6.45) is 0. The normalized spacial score (nSPS) is 12.0.